The van der Waals surface area contributed by atoms with Gasteiger partial charge in [0.25, 0.3) is 0 Å². The van der Waals surface area contributed by atoms with Crippen LogP contribution in [0.25, 0.3) is 10.9 Å². The molecule has 0 bridgehead atoms. The summed E-state index contributed by atoms with van der Waals surface area (Å²) in [5.41, 5.74) is 2.95. The number of carbonyl (C=O) groups excluding carboxylic acids is 1. The molecule has 0 saturated carbocycles. The maximum absolute atomic E-state index is 12.3. The monoisotopic (exact) mass is 337 g/mol. The van der Waals surface area contributed by atoms with Crippen molar-refractivity contribution in [1.82, 2.24) is 15.1 Å². The van der Waals surface area contributed by atoms with Crippen LogP contribution in [0.2, 0.25) is 0 Å². The molecule has 1 N–H and O–H groups in total. The van der Waals surface area contributed by atoms with Gasteiger partial charge in [-0.05, 0) is 30.2 Å². The average molecular weight is 337 g/mol. The summed E-state index contributed by atoms with van der Waals surface area (Å²) < 4.78 is 7.21. The molecule has 0 spiro atoms. The molecule has 0 aliphatic heterocycles. The Morgan fingerprint density at radius 2 is 2.04 bits per heavy atom. The first-order valence-electron chi connectivity index (χ1n) is 8.55. The number of methoxy groups -OCH3 is 1. The molecule has 130 valence electrons. The number of nitrogens with zero attached hydrogens (tertiary/aromatic N) is 2. The van der Waals surface area contributed by atoms with E-state index in [9.17, 15) is 4.79 Å². The predicted octanol–water partition coefficient (Wildman–Crippen LogP) is 3.31. The van der Waals surface area contributed by atoms with Gasteiger partial charge in [0.2, 0.25) is 5.91 Å². The molecule has 0 fully saturated rings. The number of aromatic nitrogens is 2. The van der Waals surface area contributed by atoms with Crippen LogP contribution in [0.5, 0.6) is 5.75 Å². The van der Waals surface area contributed by atoms with Crippen molar-refractivity contribution in [2.75, 3.05) is 7.11 Å². The molecular weight excluding hydrogens is 314 g/mol. The van der Waals surface area contributed by atoms with Gasteiger partial charge in [0.15, 0.2) is 0 Å². The summed E-state index contributed by atoms with van der Waals surface area (Å²) in [4.78, 5) is 12.3. The number of para-hydroxylation sites is 1. The first-order chi connectivity index (χ1) is 12.2. The van der Waals surface area contributed by atoms with Gasteiger partial charge in [-0.15, -0.1) is 0 Å². The molecule has 25 heavy (non-hydrogen) atoms. The lowest BCUT2D eigenvalue weighted by Crippen LogP contribution is -2.25. The molecule has 2 aromatic carbocycles. The molecule has 0 atom stereocenters. The van der Waals surface area contributed by atoms with E-state index in [0.717, 1.165) is 40.9 Å². The van der Waals surface area contributed by atoms with Gasteiger partial charge in [-0.3, -0.25) is 9.48 Å². The van der Waals surface area contributed by atoms with Crippen molar-refractivity contribution in [2.45, 2.75) is 32.9 Å². The highest BCUT2D eigenvalue weighted by Gasteiger charge is 2.11. The Labute approximate surface area is 147 Å². The van der Waals surface area contributed by atoms with E-state index in [-0.39, 0.29) is 5.91 Å². The van der Waals surface area contributed by atoms with E-state index < -0.39 is 0 Å². The smallest absolute Gasteiger partial charge is 0.224 e. The summed E-state index contributed by atoms with van der Waals surface area (Å²) in [6.45, 7) is 3.43. The van der Waals surface area contributed by atoms with Gasteiger partial charge >= 0.3 is 0 Å². The number of hydrogen-bond donors (Lipinski definition) is 1. The quantitative estimate of drug-likeness (QED) is 0.719. The van der Waals surface area contributed by atoms with Crippen LogP contribution < -0.4 is 10.1 Å². The minimum Gasteiger partial charge on any atom is -0.497 e. The molecule has 1 amide bonds. The summed E-state index contributed by atoms with van der Waals surface area (Å²) in [5, 5.41) is 8.74. The normalized spacial score (nSPS) is 10.8. The van der Waals surface area contributed by atoms with E-state index in [1.54, 1.807) is 7.11 Å². The Kier molecular flexibility index (Phi) is 5.33. The summed E-state index contributed by atoms with van der Waals surface area (Å²) in [6.07, 6.45) is 1.35. The number of fused-ring (bicyclic) bond motifs is 1. The van der Waals surface area contributed by atoms with Gasteiger partial charge in [-0.2, -0.15) is 5.10 Å². The Morgan fingerprint density at radius 1 is 1.20 bits per heavy atom. The fourth-order valence-electron chi connectivity index (χ4n) is 2.92. The molecule has 5 heteroatoms. The highest BCUT2D eigenvalue weighted by atomic mass is 16.5. The van der Waals surface area contributed by atoms with E-state index in [1.807, 2.05) is 41.1 Å². The van der Waals surface area contributed by atoms with Crippen LogP contribution in [0, 0.1) is 0 Å². The lowest BCUT2D eigenvalue weighted by Gasteiger charge is -2.06. The predicted molar refractivity (Wildman–Crippen MR) is 98.6 cm³/mol. The zero-order valence-corrected chi connectivity index (χ0v) is 14.7. The highest BCUT2D eigenvalue weighted by molar-refractivity contribution is 5.83. The van der Waals surface area contributed by atoms with Crippen LogP contribution in [-0.2, 0) is 24.3 Å². The molecule has 0 unspecified atom stereocenters. The summed E-state index contributed by atoms with van der Waals surface area (Å²) in [5.74, 6) is 0.733. The molecule has 0 saturated heterocycles. The number of benzene rings is 2. The Morgan fingerprint density at radius 3 is 2.84 bits per heavy atom. The summed E-state index contributed by atoms with van der Waals surface area (Å²) in [6, 6.07) is 15.7. The second kappa shape index (κ2) is 7.83. The molecule has 3 aromatic rings. The van der Waals surface area contributed by atoms with Crippen LogP contribution in [-0.4, -0.2) is 22.8 Å². The van der Waals surface area contributed by atoms with Gasteiger partial charge in [0.05, 0.1) is 31.3 Å². The highest BCUT2D eigenvalue weighted by Crippen LogP contribution is 2.19. The first-order valence-corrected chi connectivity index (χ1v) is 8.55. The van der Waals surface area contributed by atoms with Crippen LogP contribution in [0.15, 0.2) is 48.5 Å². The number of amides is 1. The lowest BCUT2D eigenvalue weighted by molar-refractivity contribution is -0.120. The maximum Gasteiger partial charge on any atom is 0.224 e. The Balaban J connectivity index is 1.68. The van der Waals surface area contributed by atoms with Crippen molar-refractivity contribution in [3.05, 3.63) is 59.8 Å². The molecule has 0 radical (unpaired) electrons. The minimum atomic E-state index is -0.0256. The van der Waals surface area contributed by atoms with Crippen molar-refractivity contribution < 1.29 is 9.53 Å². The third kappa shape index (κ3) is 3.99. The van der Waals surface area contributed by atoms with Crippen molar-refractivity contribution in [3.8, 4) is 5.75 Å². The zero-order valence-electron chi connectivity index (χ0n) is 14.7. The number of ether oxygens (including phenoxy) is 1. The Bertz CT molecular complexity index is 870. The second-order valence-electron chi connectivity index (χ2n) is 5.99. The van der Waals surface area contributed by atoms with Crippen LogP contribution in [0.4, 0.5) is 0 Å². The molecule has 0 aliphatic carbocycles. The fraction of sp³-hybridized carbons (Fsp3) is 0.300. The van der Waals surface area contributed by atoms with Crippen LogP contribution >= 0.6 is 0 Å². The number of carbonyl (C=O) groups is 1. The first kappa shape index (κ1) is 17.0. The second-order valence-corrected chi connectivity index (χ2v) is 5.99. The van der Waals surface area contributed by atoms with Gasteiger partial charge < -0.3 is 10.1 Å². The average Bonchev–Trinajstić information content (AvgIpc) is 2.98. The Hall–Kier alpha value is -2.82. The van der Waals surface area contributed by atoms with E-state index in [2.05, 4.69) is 29.5 Å². The van der Waals surface area contributed by atoms with Gasteiger partial charge in [0.1, 0.15) is 5.75 Å². The minimum absolute atomic E-state index is 0.0256. The molecular formula is C20H23N3O2. The molecule has 0 aliphatic rings. The largest absolute Gasteiger partial charge is 0.497 e. The lowest BCUT2D eigenvalue weighted by atomic mass is 10.1. The van der Waals surface area contributed by atoms with E-state index in [0.29, 0.717) is 13.0 Å². The van der Waals surface area contributed by atoms with Gasteiger partial charge in [-0.1, -0.05) is 37.3 Å². The van der Waals surface area contributed by atoms with E-state index in [1.165, 1.54) is 0 Å². The SMILES string of the molecule is CCCn1nc(CNC(=O)Cc2cccc(OC)c2)c2ccccc21. The van der Waals surface area contributed by atoms with Crippen molar-refractivity contribution in [2.24, 2.45) is 0 Å². The standard InChI is InChI=1S/C20H23N3O2/c1-3-11-23-19-10-5-4-9-17(19)18(22-23)14-21-20(24)13-15-7-6-8-16(12-15)25-2/h4-10,12H,3,11,13-14H2,1-2H3,(H,21,24). The summed E-state index contributed by atoms with van der Waals surface area (Å²) in [7, 11) is 1.62. The van der Waals surface area contributed by atoms with Crippen molar-refractivity contribution >= 4 is 16.8 Å². The van der Waals surface area contributed by atoms with E-state index in [4.69, 9.17) is 4.74 Å². The number of aryl methyl sites for hydroxylation is 1. The maximum atomic E-state index is 12.3. The van der Waals surface area contributed by atoms with Crippen LogP contribution in [0.3, 0.4) is 0 Å². The molecule has 5 nitrogen and oxygen atoms in total. The molecule has 1 heterocycles. The van der Waals surface area contributed by atoms with Crippen molar-refractivity contribution in [1.29, 1.82) is 0 Å². The number of nitrogens with one attached hydrogen (secondary N) is 1. The third-order valence-corrected chi connectivity index (χ3v) is 4.12. The van der Waals surface area contributed by atoms with Crippen molar-refractivity contribution in [3.63, 3.8) is 0 Å². The van der Waals surface area contributed by atoms with Gasteiger partial charge in [-0.25, -0.2) is 0 Å². The molecule has 3 rings (SSSR count). The number of rotatable bonds is 7. The molecule has 1 aromatic heterocycles. The zero-order chi connectivity index (χ0) is 17.6. The summed E-state index contributed by atoms with van der Waals surface area (Å²) >= 11 is 0. The van der Waals surface area contributed by atoms with Gasteiger partial charge in [0, 0.05) is 11.9 Å². The topological polar surface area (TPSA) is 56.2 Å². The third-order valence-electron chi connectivity index (χ3n) is 4.12. The fourth-order valence-corrected chi connectivity index (χ4v) is 2.92. The number of hydrogen-bond acceptors (Lipinski definition) is 3. The van der Waals surface area contributed by atoms with Crippen LogP contribution in [0.1, 0.15) is 24.6 Å². The van der Waals surface area contributed by atoms with E-state index >= 15 is 0 Å².